The molecule has 0 aliphatic carbocycles. The molecule has 0 aromatic carbocycles. The Labute approximate surface area is 92.4 Å². The average Bonchev–Trinajstić information content (AvgIpc) is 2.63. The quantitative estimate of drug-likeness (QED) is 0.686. The minimum Gasteiger partial charge on any atom is -0.359 e. The van der Waals surface area contributed by atoms with Crippen molar-refractivity contribution in [2.24, 2.45) is 11.8 Å². The molecule has 3 atom stereocenters. The molecule has 1 saturated heterocycles. The molecular weight excluding hydrogens is 190 g/mol. The van der Waals surface area contributed by atoms with Crippen molar-refractivity contribution in [1.29, 1.82) is 0 Å². The molecule has 0 bridgehead atoms. The van der Waals surface area contributed by atoms with Crippen LogP contribution in [-0.4, -0.2) is 50.6 Å². The Balaban J connectivity index is 2.40. The summed E-state index contributed by atoms with van der Waals surface area (Å²) in [4.78, 5) is 13.7. The zero-order valence-corrected chi connectivity index (χ0v) is 10.2. The Morgan fingerprint density at radius 2 is 2.27 bits per heavy atom. The second-order valence-corrected chi connectivity index (χ2v) is 4.66. The highest BCUT2D eigenvalue weighted by Gasteiger charge is 2.28. The number of hydrogen-bond donors (Lipinski definition) is 2. The first-order valence-electron chi connectivity index (χ1n) is 5.68. The molecule has 0 radical (unpaired) electrons. The van der Waals surface area contributed by atoms with Gasteiger partial charge in [-0.15, -0.1) is 0 Å². The molecule has 0 spiro atoms. The van der Waals surface area contributed by atoms with Crippen molar-refractivity contribution in [2.75, 3.05) is 33.7 Å². The van der Waals surface area contributed by atoms with Crippen LogP contribution in [-0.2, 0) is 4.79 Å². The van der Waals surface area contributed by atoms with Crippen LogP contribution in [0.3, 0.4) is 0 Å². The molecular formula is C11H23N3O. The van der Waals surface area contributed by atoms with Gasteiger partial charge in [-0.25, -0.2) is 0 Å². The van der Waals surface area contributed by atoms with E-state index in [2.05, 4.69) is 29.5 Å². The summed E-state index contributed by atoms with van der Waals surface area (Å²) >= 11 is 0. The summed E-state index contributed by atoms with van der Waals surface area (Å²) in [7, 11) is 3.80. The SMILES string of the molecule is CNC(=O)C(C)CN(C)C1CNCC1C. The fraction of sp³-hybridized carbons (Fsp3) is 0.909. The fourth-order valence-electron chi connectivity index (χ4n) is 2.28. The van der Waals surface area contributed by atoms with Gasteiger partial charge in [0.1, 0.15) is 0 Å². The lowest BCUT2D eigenvalue weighted by molar-refractivity contribution is -0.124. The first-order valence-corrected chi connectivity index (χ1v) is 5.68. The van der Waals surface area contributed by atoms with Gasteiger partial charge in [-0.2, -0.15) is 0 Å². The molecule has 4 heteroatoms. The van der Waals surface area contributed by atoms with Crippen molar-refractivity contribution in [1.82, 2.24) is 15.5 Å². The summed E-state index contributed by atoms with van der Waals surface area (Å²) in [5.41, 5.74) is 0. The molecule has 4 nitrogen and oxygen atoms in total. The van der Waals surface area contributed by atoms with E-state index in [-0.39, 0.29) is 11.8 Å². The van der Waals surface area contributed by atoms with E-state index in [1.807, 2.05) is 6.92 Å². The lowest BCUT2D eigenvalue weighted by Gasteiger charge is -2.28. The number of nitrogens with zero attached hydrogens (tertiary/aromatic N) is 1. The van der Waals surface area contributed by atoms with Gasteiger partial charge in [-0.1, -0.05) is 13.8 Å². The molecule has 1 aliphatic heterocycles. The van der Waals surface area contributed by atoms with Gasteiger partial charge < -0.3 is 15.5 Å². The highest BCUT2D eigenvalue weighted by Crippen LogP contribution is 2.15. The fourth-order valence-corrected chi connectivity index (χ4v) is 2.28. The van der Waals surface area contributed by atoms with Gasteiger partial charge >= 0.3 is 0 Å². The van der Waals surface area contributed by atoms with Crippen LogP contribution in [0, 0.1) is 11.8 Å². The Morgan fingerprint density at radius 3 is 2.73 bits per heavy atom. The van der Waals surface area contributed by atoms with E-state index in [0.717, 1.165) is 19.6 Å². The van der Waals surface area contributed by atoms with Crippen molar-refractivity contribution in [3.8, 4) is 0 Å². The van der Waals surface area contributed by atoms with Crippen molar-refractivity contribution < 1.29 is 4.79 Å². The molecule has 0 aromatic heterocycles. The first kappa shape index (κ1) is 12.5. The van der Waals surface area contributed by atoms with Crippen LogP contribution in [0.2, 0.25) is 0 Å². The van der Waals surface area contributed by atoms with Gasteiger partial charge in [0, 0.05) is 32.1 Å². The van der Waals surface area contributed by atoms with Crippen LogP contribution < -0.4 is 10.6 Å². The molecule has 1 amide bonds. The van der Waals surface area contributed by atoms with Gasteiger partial charge in [0.15, 0.2) is 0 Å². The zero-order chi connectivity index (χ0) is 11.4. The van der Waals surface area contributed by atoms with Crippen molar-refractivity contribution >= 4 is 5.91 Å². The van der Waals surface area contributed by atoms with E-state index in [4.69, 9.17) is 0 Å². The molecule has 1 fully saturated rings. The molecule has 1 heterocycles. The van der Waals surface area contributed by atoms with E-state index in [1.165, 1.54) is 0 Å². The first-order chi connectivity index (χ1) is 7.06. The maximum Gasteiger partial charge on any atom is 0.223 e. The normalized spacial score (nSPS) is 28.1. The Bertz CT molecular complexity index is 220. The standard InChI is InChI=1S/C11H23N3O/c1-8-5-13-6-10(8)14(4)7-9(2)11(15)12-3/h8-10,13H,5-7H2,1-4H3,(H,12,15). The lowest BCUT2D eigenvalue weighted by atomic mass is 10.0. The summed E-state index contributed by atoms with van der Waals surface area (Å²) in [6, 6.07) is 0.567. The van der Waals surface area contributed by atoms with Crippen LogP contribution in [0.4, 0.5) is 0 Å². The van der Waals surface area contributed by atoms with Gasteiger partial charge in [0.05, 0.1) is 0 Å². The second-order valence-electron chi connectivity index (χ2n) is 4.66. The predicted octanol–water partition coefficient (Wildman–Crippen LogP) is -0.0918. The molecule has 88 valence electrons. The van der Waals surface area contributed by atoms with Gasteiger partial charge in [0.25, 0.3) is 0 Å². The summed E-state index contributed by atoms with van der Waals surface area (Å²) in [5, 5.41) is 6.07. The number of rotatable bonds is 4. The van der Waals surface area contributed by atoms with Crippen LogP contribution >= 0.6 is 0 Å². The topological polar surface area (TPSA) is 44.4 Å². The largest absolute Gasteiger partial charge is 0.359 e. The van der Waals surface area contributed by atoms with E-state index in [9.17, 15) is 4.79 Å². The number of hydrogen-bond acceptors (Lipinski definition) is 3. The number of likely N-dealkylation sites (N-methyl/N-ethyl adjacent to an activating group) is 1. The van der Waals surface area contributed by atoms with Crippen LogP contribution in [0.15, 0.2) is 0 Å². The van der Waals surface area contributed by atoms with Crippen LogP contribution in [0.25, 0.3) is 0 Å². The third-order valence-electron chi connectivity index (χ3n) is 3.30. The van der Waals surface area contributed by atoms with Crippen LogP contribution in [0.1, 0.15) is 13.8 Å². The summed E-state index contributed by atoms with van der Waals surface area (Å²) in [5.74, 6) is 0.861. The van der Waals surface area contributed by atoms with Gasteiger partial charge in [-0.3, -0.25) is 4.79 Å². The van der Waals surface area contributed by atoms with E-state index >= 15 is 0 Å². The zero-order valence-electron chi connectivity index (χ0n) is 10.2. The summed E-state index contributed by atoms with van der Waals surface area (Å²) in [6.07, 6.45) is 0. The number of carbonyl (C=O) groups is 1. The third kappa shape index (κ3) is 3.18. The predicted molar refractivity (Wildman–Crippen MR) is 61.7 cm³/mol. The lowest BCUT2D eigenvalue weighted by Crippen LogP contribution is -2.42. The van der Waals surface area contributed by atoms with E-state index in [0.29, 0.717) is 12.0 Å². The molecule has 0 saturated carbocycles. The maximum absolute atomic E-state index is 11.4. The molecule has 1 rings (SSSR count). The summed E-state index contributed by atoms with van der Waals surface area (Å²) in [6.45, 7) is 7.19. The Morgan fingerprint density at radius 1 is 1.60 bits per heavy atom. The second kappa shape index (κ2) is 5.47. The average molecular weight is 213 g/mol. The molecule has 15 heavy (non-hydrogen) atoms. The third-order valence-corrected chi connectivity index (χ3v) is 3.30. The summed E-state index contributed by atoms with van der Waals surface area (Å²) < 4.78 is 0. The highest BCUT2D eigenvalue weighted by molar-refractivity contribution is 5.78. The maximum atomic E-state index is 11.4. The molecule has 1 aliphatic rings. The molecule has 3 unspecified atom stereocenters. The molecule has 0 aromatic rings. The Hall–Kier alpha value is -0.610. The minimum absolute atomic E-state index is 0.0628. The number of nitrogens with one attached hydrogen (secondary N) is 2. The number of amides is 1. The smallest absolute Gasteiger partial charge is 0.223 e. The van der Waals surface area contributed by atoms with Crippen molar-refractivity contribution in [3.63, 3.8) is 0 Å². The molecule has 2 N–H and O–H groups in total. The monoisotopic (exact) mass is 213 g/mol. The van der Waals surface area contributed by atoms with E-state index in [1.54, 1.807) is 7.05 Å². The highest BCUT2D eigenvalue weighted by atomic mass is 16.1. The van der Waals surface area contributed by atoms with Crippen molar-refractivity contribution in [3.05, 3.63) is 0 Å². The number of carbonyl (C=O) groups excluding carboxylic acids is 1. The minimum atomic E-state index is 0.0628. The Kier molecular flexibility index (Phi) is 4.54. The van der Waals surface area contributed by atoms with E-state index < -0.39 is 0 Å². The van der Waals surface area contributed by atoms with Gasteiger partial charge in [0.2, 0.25) is 5.91 Å². The van der Waals surface area contributed by atoms with Crippen LogP contribution in [0.5, 0.6) is 0 Å². The van der Waals surface area contributed by atoms with Crippen molar-refractivity contribution in [2.45, 2.75) is 19.9 Å². The van der Waals surface area contributed by atoms with Gasteiger partial charge in [-0.05, 0) is 19.5 Å².